The van der Waals surface area contributed by atoms with Crippen LogP contribution in [0.25, 0.3) is 0 Å². The van der Waals surface area contributed by atoms with Crippen LogP contribution >= 0.6 is 0 Å². The molecule has 0 spiro atoms. The molecule has 0 saturated heterocycles. The fourth-order valence-electron chi connectivity index (χ4n) is 2.33. The zero-order valence-corrected chi connectivity index (χ0v) is 9.72. The number of rotatable bonds is 0. The van der Waals surface area contributed by atoms with Gasteiger partial charge in [-0.25, -0.2) is 0 Å². The average molecular weight is 188 g/mol. The van der Waals surface area contributed by atoms with Crippen molar-refractivity contribution in [1.29, 1.82) is 0 Å². The quantitative estimate of drug-likeness (QED) is 0.580. The third kappa shape index (κ3) is 1.37. The van der Waals surface area contributed by atoms with Gasteiger partial charge in [-0.15, -0.1) is 0 Å². The summed E-state index contributed by atoms with van der Waals surface area (Å²) in [5.74, 6) is 0. The van der Waals surface area contributed by atoms with Crippen molar-refractivity contribution >= 4 is 0 Å². The summed E-state index contributed by atoms with van der Waals surface area (Å²) in [4.78, 5) is 0. The molecule has 1 aromatic rings. The Bertz CT molecular complexity index is 310. The zero-order valence-electron chi connectivity index (χ0n) is 9.72. The van der Waals surface area contributed by atoms with E-state index in [2.05, 4.69) is 52.0 Å². The Balaban J connectivity index is 2.46. The summed E-state index contributed by atoms with van der Waals surface area (Å²) in [6.07, 6.45) is 2.44. The lowest BCUT2D eigenvalue weighted by molar-refractivity contribution is 0.0966. The number of hydrogen-bond acceptors (Lipinski definition) is 0. The van der Waals surface area contributed by atoms with Crippen molar-refractivity contribution in [3.63, 3.8) is 0 Å². The van der Waals surface area contributed by atoms with E-state index in [1.807, 2.05) is 0 Å². The van der Waals surface area contributed by atoms with Gasteiger partial charge < -0.3 is 0 Å². The minimum absolute atomic E-state index is 0.418. The van der Waals surface area contributed by atoms with E-state index in [9.17, 15) is 0 Å². The van der Waals surface area contributed by atoms with Crippen LogP contribution in [-0.2, 0) is 12.8 Å². The van der Waals surface area contributed by atoms with Gasteiger partial charge in [0.1, 0.15) is 0 Å². The van der Waals surface area contributed by atoms with Gasteiger partial charge in [-0.3, -0.25) is 0 Å². The van der Waals surface area contributed by atoms with E-state index >= 15 is 0 Å². The zero-order chi connectivity index (χ0) is 10.4. The first-order chi connectivity index (χ1) is 6.42. The lowest BCUT2D eigenvalue weighted by Crippen LogP contribution is -2.40. The molecule has 1 aliphatic rings. The molecule has 0 saturated carbocycles. The second kappa shape index (κ2) is 2.85. The summed E-state index contributed by atoms with van der Waals surface area (Å²) in [5.41, 5.74) is 3.94. The maximum atomic E-state index is 2.39. The predicted molar refractivity (Wildman–Crippen MR) is 61.4 cm³/mol. The van der Waals surface area contributed by atoms with Gasteiger partial charge in [-0.2, -0.15) is 0 Å². The Labute approximate surface area is 87.3 Å². The highest BCUT2D eigenvalue weighted by molar-refractivity contribution is 5.32. The molecule has 0 atom stereocenters. The van der Waals surface area contributed by atoms with Crippen LogP contribution in [0, 0.1) is 10.8 Å². The molecule has 0 bridgehead atoms. The molecule has 0 N–H and O–H groups in total. The lowest BCUT2D eigenvalue weighted by Gasteiger charge is -2.46. The minimum Gasteiger partial charge on any atom is -0.0620 e. The molecule has 2 rings (SSSR count). The number of fused-ring (bicyclic) bond motifs is 1. The van der Waals surface area contributed by atoms with Gasteiger partial charge in [0.25, 0.3) is 0 Å². The van der Waals surface area contributed by atoms with E-state index in [4.69, 9.17) is 0 Å². The maximum Gasteiger partial charge on any atom is -0.0219 e. The molecular formula is C14H20. The van der Waals surface area contributed by atoms with Crippen molar-refractivity contribution in [3.05, 3.63) is 35.4 Å². The number of hydrogen-bond donors (Lipinski definition) is 0. The molecule has 76 valence electrons. The van der Waals surface area contributed by atoms with Crippen LogP contribution in [0.3, 0.4) is 0 Å². The first-order valence-corrected chi connectivity index (χ1v) is 5.49. The van der Waals surface area contributed by atoms with E-state index in [-0.39, 0.29) is 0 Å². The van der Waals surface area contributed by atoms with E-state index in [1.165, 1.54) is 12.8 Å². The SMILES string of the molecule is CC1(C)Cc2ccccc2CC1(C)C. The molecule has 0 aliphatic heterocycles. The molecule has 0 unspecified atom stereocenters. The van der Waals surface area contributed by atoms with Gasteiger partial charge in [0.05, 0.1) is 0 Å². The van der Waals surface area contributed by atoms with Gasteiger partial charge in [-0.05, 0) is 34.8 Å². The summed E-state index contributed by atoms with van der Waals surface area (Å²) in [5, 5.41) is 0. The molecule has 1 aromatic carbocycles. The van der Waals surface area contributed by atoms with Crippen molar-refractivity contribution in [3.8, 4) is 0 Å². The van der Waals surface area contributed by atoms with E-state index < -0.39 is 0 Å². The van der Waals surface area contributed by atoms with Gasteiger partial charge in [0.2, 0.25) is 0 Å². The Kier molecular flexibility index (Phi) is 1.99. The minimum atomic E-state index is 0.418. The maximum absolute atomic E-state index is 2.39. The Morgan fingerprint density at radius 1 is 0.786 bits per heavy atom. The molecule has 1 aliphatic carbocycles. The third-order valence-corrected chi connectivity index (χ3v) is 4.22. The highest BCUT2D eigenvalue weighted by atomic mass is 14.4. The summed E-state index contributed by atoms with van der Waals surface area (Å²) >= 11 is 0. The second-order valence-electron chi connectivity index (χ2n) is 5.89. The molecule has 0 radical (unpaired) electrons. The van der Waals surface area contributed by atoms with Crippen molar-refractivity contribution in [1.82, 2.24) is 0 Å². The third-order valence-electron chi connectivity index (χ3n) is 4.22. The fourth-order valence-corrected chi connectivity index (χ4v) is 2.33. The van der Waals surface area contributed by atoms with Gasteiger partial charge in [0, 0.05) is 0 Å². The molecule has 0 heterocycles. The van der Waals surface area contributed by atoms with Crippen molar-refractivity contribution in [2.24, 2.45) is 10.8 Å². The summed E-state index contributed by atoms with van der Waals surface area (Å²) in [6.45, 7) is 9.57. The lowest BCUT2D eigenvalue weighted by atomic mass is 9.58. The smallest absolute Gasteiger partial charge is 0.0219 e. The van der Waals surface area contributed by atoms with Crippen LogP contribution in [0.5, 0.6) is 0 Å². The topological polar surface area (TPSA) is 0 Å². The normalized spacial score (nSPS) is 22.9. The largest absolute Gasteiger partial charge is 0.0620 e. The van der Waals surface area contributed by atoms with E-state index in [0.717, 1.165) is 0 Å². The second-order valence-corrected chi connectivity index (χ2v) is 5.89. The van der Waals surface area contributed by atoms with Crippen LogP contribution in [0.1, 0.15) is 38.8 Å². The van der Waals surface area contributed by atoms with Crippen LogP contribution in [0.4, 0.5) is 0 Å². The molecule has 0 amide bonds. The first kappa shape index (κ1) is 9.76. The average Bonchev–Trinajstić information content (AvgIpc) is 2.05. The van der Waals surface area contributed by atoms with Crippen LogP contribution in [0.15, 0.2) is 24.3 Å². The summed E-state index contributed by atoms with van der Waals surface area (Å²) < 4.78 is 0. The Hall–Kier alpha value is -0.780. The summed E-state index contributed by atoms with van der Waals surface area (Å²) in [6, 6.07) is 8.89. The highest BCUT2D eigenvalue weighted by Gasteiger charge is 2.40. The van der Waals surface area contributed by atoms with Crippen molar-refractivity contribution in [2.75, 3.05) is 0 Å². The van der Waals surface area contributed by atoms with Crippen LogP contribution in [-0.4, -0.2) is 0 Å². The van der Waals surface area contributed by atoms with E-state index in [1.54, 1.807) is 11.1 Å². The Morgan fingerprint density at radius 2 is 1.14 bits per heavy atom. The van der Waals surface area contributed by atoms with Crippen molar-refractivity contribution in [2.45, 2.75) is 40.5 Å². The standard InChI is InChI=1S/C14H20/c1-13(2)9-11-7-5-6-8-12(11)10-14(13,3)4/h5-8H,9-10H2,1-4H3. The van der Waals surface area contributed by atoms with Gasteiger partial charge >= 0.3 is 0 Å². The monoisotopic (exact) mass is 188 g/mol. The predicted octanol–water partition coefficient (Wildman–Crippen LogP) is 3.84. The molecule has 0 fully saturated rings. The molecule has 0 heteroatoms. The van der Waals surface area contributed by atoms with Crippen LogP contribution < -0.4 is 0 Å². The Morgan fingerprint density at radius 3 is 1.50 bits per heavy atom. The molecular weight excluding hydrogens is 168 g/mol. The van der Waals surface area contributed by atoms with Crippen LogP contribution in [0.2, 0.25) is 0 Å². The molecule has 14 heavy (non-hydrogen) atoms. The number of benzene rings is 1. The first-order valence-electron chi connectivity index (χ1n) is 5.49. The van der Waals surface area contributed by atoms with Gasteiger partial charge in [-0.1, -0.05) is 52.0 Å². The van der Waals surface area contributed by atoms with E-state index in [0.29, 0.717) is 10.8 Å². The van der Waals surface area contributed by atoms with Crippen molar-refractivity contribution < 1.29 is 0 Å². The highest BCUT2D eigenvalue weighted by Crippen LogP contribution is 2.47. The fraction of sp³-hybridized carbons (Fsp3) is 0.571. The van der Waals surface area contributed by atoms with Gasteiger partial charge in [0.15, 0.2) is 0 Å². The molecule has 0 aromatic heterocycles. The molecule has 0 nitrogen and oxygen atoms in total. The summed E-state index contributed by atoms with van der Waals surface area (Å²) in [7, 11) is 0.